The zero-order valence-corrected chi connectivity index (χ0v) is 17.5. The number of alkyl halides is 15. The minimum Gasteiger partial charge on any atom is -0.351 e. The van der Waals surface area contributed by atoms with Gasteiger partial charge in [-0.25, -0.2) is 0 Å². The zero-order valence-electron chi connectivity index (χ0n) is 17.5. The summed E-state index contributed by atoms with van der Waals surface area (Å²) in [5, 5.41) is 13.4. The van der Waals surface area contributed by atoms with Crippen molar-refractivity contribution in [2.24, 2.45) is 0 Å². The molecule has 21 heteroatoms. The first-order valence-corrected chi connectivity index (χ1v) is 9.09. The number of halogens is 15. The molecule has 0 fully saturated rings. The Morgan fingerprint density at radius 2 is 1.19 bits per heavy atom. The fourth-order valence-electron chi connectivity index (χ4n) is 2.51. The lowest BCUT2D eigenvalue weighted by Gasteiger charge is -2.41. The van der Waals surface area contributed by atoms with E-state index in [2.05, 4.69) is 20.6 Å². The molecule has 1 aromatic heterocycles. The normalized spacial score (nSPS) is 15.2. The van der Waals surface area contributed by atoms with E-state index in [4.69, 9.17) is 0 Å². The first-order chi connectivity index (χ1) is 15.7. The molecule has 1 rings (SSSR count). The standard InChI is InChI=1S/C15H14F15N5O/c1-8(2,6-32-34-35-33-6)4-3-5-31-7(36)9(16,17)10(18,19)11(20,21)12(22,23)13(24,25)14(26,27)15(28,29)30/h3-5H2,1-2H3,(H,31,36)(H,32,33,34,35). The van der Waals surface area contributed by atoms with Crippen molar-refractivity contribution in [3.05, 3.63) is 5.82 Å². The van der Waals surface area contributed by atoms with Crippen LogP contribution in [0.15, 0.2) is 0 Å². The molecule has 0 aromatic carbocycles. The summed E-state index contributed by atoms with van der Waals surface area (Å²) in [5.74, 6) is -51.5. The van der Waals surface area contributed by atoms with Crippen molar-refractivity contribution in [2.75, 3.05) is 6.54 Å². The fraction of sp³-hybridized carbons (Fsp3) is 0.867. The van der Waals surface area contributed by atoms with Crippen LogP contribution in [-0.2, 0) is 10.2 Å². The molecule has 0 saturated carbocycles. The number of carbonyl (C=O) groups is 1. The van der Waals surface area contributed by atoms with Crippen molar-refractivity contribution in [1.29, 1.82) is 0 Å². The number of H-pyrrole nitrogens is 1. The van der Waals surface area contributed by atoms with Gasteiger partial charge in [0.05, 0.1) is 0 Å². The number of rotatable bonds is 11. The van der Waals surface area contributed by atoms with Gasteiger partial charge >= 0.3 is 41.7 Å². The van der Waals surface area contributed by atoms with E-state index < -0.39 is 66.0 Å². The SMILES string of the molecule is CC(C)(CCCNC(=O)C(F)(F)C(F)(F)C(F)(F)C(F)(F)C(F)(F)C(F)(F)C(F)(F)F)c1nn[nH]n1. The molecule has 0 aliphatic rings. The largest absolute Gasteiger partial charge is 0.460 e. The number of hydrogen-bond acceptors (Lipinski definition) is 4. The highest BCUT2D eigenvalue weighted by molar-refractivity contribution is 5.84. The molecule has 0 saturated heterocycles. The van der Waals surface area contributed by atoms with Gasteiger partial charge in [-0.05, 0) is 12.8 Å². The number of amides is 1. The van der Waals surface area contributed by atoms with Gasteiger partial charge in [-0.2, -0.15) is 71.1 Å². The Hall–Kier alpha value is -2.51. The van der Waals surface area contributed by atoms with E-state index in [0.29, 0.717) is 0 Å². The highest BCUT2D eigenvalue weighted by atomic mass is 19.4. The van der Waals surface area contributed by atoms with Crippen LogP contribution in [0.1, 0.15) is 32.5 Å². The molecule has 36 heavy (non-hydrogen) atoms. The Bertz CT molecular complexity index is 911. The van der Waals surface area contributed by atoms with Crippen LogP contribution in [0.5, 0.6) is 0 Å². The maximum atomic E-state index is 13.8. The maximum Gasteiger partial charge on any atom is 0.460 e. The van der Waals surface area contributed by atoms with Gasteiger partial charge in [-0.1, -0.05) is 19.1 Å². The van der Waals surface area contributed by atoms with E-state index in [-0.39, 0.29) is 12.2 Å². The second kappa shape index (κ2) is 9.10. The van der Waals surface area contributed by atoms with Crippen LogP contribution in [0.25, 0.3) is 0 Å². The lowest BCUT2D eigenvalue weighted by Crippen LogP contribution is -2.74. The number of nitrogens with zero attached hydrogens (tertiary/aromatic N) is 3. The zero-order chi connectivity index (χ0) is 28.8. The van der Waals surface area contributed by atoms with E-state index in [1.54, 1.807) is 0 Å². The average Bonchev–Trinajstić information content (AvgIpc) is 3.25. The third kappa shape index (κ3) is 4.75. The molecule has 2 N–H and O–H groups in total. The Morgan fingerprint density at radius 3 is 1.61 bits per heavy atom. The maximum absolute atomic E-state index is 13.8. The van der Waals surface area contributed by atoms with Gasteiger partial charge < -0.3 is 5.32 Å². The monoisotopic (exact) mass is 565 g/mol. The highest BCUT2D eigenvalue weighted by Crippen LogP contribution is 2.62. The summed E-state index contributed by atoms with van der Waals surface area (Å²) >= 11 is 0. The van der Waals surface area contributed by atoms with Crippen LogP contribution in [-0.4, -0.2) is 74.8 Å². The third-order valence-corrected chi connectivity index (χ3v) is 4.83. The van der Waals surface area contributed by atoms with Gasteiger partial charge in [0.1, 0.15) is 0 Å². The predicted molar refractivity (Wildman–Crippen MR) is 85.2 cm³/mol. The molecule has 0 aliphatic carbocycles. The molecule has 210 valence electrons. The molecule has 0 radical (unpaired) electrons. The Kier molecular flexibility index (Phi) is 7.97. The van der Waals surface area contributed by atoms with Gasteiger partial charge in [0.25, 0.3) is 5.91 Å². The Labute approximate surface area is 190 Å². The number of aromatic amines is 1. The van der Waals surface area contributed by atoms with Crippen LogP contribution >= 0.6 is 0 Å². The molecule has 1 heterocycles. The summed E-state index contributed by atoms with van der Waals surface area (Å²) in [4.78, 5) is 11.4. The van der Waals surface area contributed by atoms with Crippen molar-refractivity contribution in [1.82, 2.24) is 25.9 Å². The second-order valence-corrected chi connectivity index (χ2v) is 7.92. The topological polar surface area (TPSA) is 83.6 Å². The number of hydrogen-bond donors (Lipinski definition) is 2. The van der Waals surface area contributed by atoms with Crippen molar-refractivity contribution in [3.8, 4) is 0 Å². The van der Waals surface area contributed by atoms with Crippen molar-refractivity contribution in [3.63, 3.8) is 0 Å². The first-order valence-electron chi connectivity index (χ1n) is 9.09. The Balaban J connectivity index is 3.13. The summed E-state index contributed by atoms with van der Waals surface area (Å²) < 4.78 is 197. The van der Waals surface area contributed by atoms with Crippen LogP contribution in [0.2, 0.25) is 0 Å². The number of tetrazole rings is 1. The molecule has 0 aliphatic heterocycles. The van der Waals surface area contributed by atoms with Crippen molar-refractivity contribution >= 4 is 5.91 Å². The summed E-state index contributed by atoms with van der Waals surface area (Å²) in [5.41, 5.74) is -0.992. The molecular weight excluding hydrogens is 551 g/mol. The second-order valence-electron chi connectivity index (χ2n) is 7.92. The van der Waals surface area contributed by atoms with Gasteiger partial charge in [0, 0.05) is 12.0 Å². The van der Waals surface area contributed by atoms with Gasteiger partial charge in [-0.3, -0.25) is 4.79 Å². The third-order valence-electron chi connectivity index (χ3n) is 4.83. The van der Waals surface area contributed by atoms with E-state index in [0.717, 1.165) is 5.32 Å². The number of nitrogens with one attached hydrogen (secondary N) is 2. The molecule has 0 atom stereocenters. The fourth-order valence-corrected chi connectivity index (χ4v) is 2.51. The van der Waals surface area contributed by atoms with Crippen molar-refractivity contribution < 1.29 is 70.7 Å². The number of carbonyl (C=O) groups excluding carboxylic acids is 1. The molecule has 0 spiro atoms. The smallest absolute Gasteiger partial charge is 0.351 e. The van der Waals surface area contributed by atoms with Crippen LogP contribution < -0.4 is 5.32 Å². The summed E-state index contributed by atoms with van der Waals surface area (Å²) in [6.07, 6.45) is -8.22. The van der Waals surface area contributed by atoms with E-state index in [1.807, 2.05) is 0 Å². The van der Waals surface area contributed by atoms with E-state index >= 15 is 0 Å². The van der Waals surface area contributed by atoms with Crippen LogP contribution in [0, 0.1) is 0 Å². The Morgan fingerprint density at radius 1 is 0.750 bits per heavy atom. The van der Waals surface area contributed by atoms with Crippen LogP contribution in [0.4, 0.5) is 65.9 Å². The molecular formula is C15H14F15N5O. The number of aromatic nitrogens is 4. The highest BCUT2D eigenvalue weighted by Gasteiger charge is 2.94. The minimum absolute atomic E-state index is 0.0455. The lowest BCUT2D eigenvalue weighted by molar-refractivity contribution is -0.449. The quantitative estimate of drug-likeness (QED) is 0.300. The van der Waals surface area contributed by atoms with E-state index in [1.165, 1.54) is 13.8 Å². The van der Waals surface area contributed by atoms with Crippen molar-refractivity contribution in [2.45, 2.75) is 73.8 Å². The van der Waals surface area contributed by atoms with Gasteiger partial charge in [0.2, 0.25) is 0 Å². The summed E-state index contributed by atoms with van der Waals surface area (Å²) in [6.45, 7) is 1.86. The molecule has 1 aromatic rings. The molecule has 0 bridgehead atoms. The summed E-state index contributed by atoms with van der Waals surface area (Å²) in [6, 6.07) is 0. The molecule has 1 amide bonds. The average molecular weight is 565 g/mol. The van der Waals surface area contributed by atoms with E-state index in [9.17, 15) is 70.7 Å². The lowest BCUT2D eigenvalue weighted by atomic mass is 9.87. The first kappa shape index (κ1) is 31.5. The molecule has 6 nitrogen and oxygen atoms in total. The predicted octanol–water partition coefficient (Wildman–Crippen LogP) is 4.75. The summed E-state index contributed by atoms with van der Waals surface area (Å²) in [7, 11) is 0. The van der Waals surface area contributed by atoms with Crippen LogP contribution in [0.3, 0.4) is 0 Å². The van der Waals surface area contributed by atoms with Gasteiger partial charge in [-0.15, -0.1) is 10.2 Å². The van der Waals surface area contributed by atoms with Gasteiger partial charge in [0.15, 0.2) is 5.82 Å². The minimum atomic E-state index is -8.44. The molecule has 0 unspecified atom stereocenters.